The van der Waals surface area contributed by atoms with E-state index in [1.807, 2.05) is 0 Å². The van der Waals surface area contributed by atoms with Gasteiger partial charge in [-0.2, -0.15) is 0 Å². The first-order valence-electron chi connectivity index (χ1n) is 6.47. The minimum atomic E-state index is -0.171. The third-order valence-electron chi connectivity index (χ3n) is 3.03. The van der Waals surface area contributed by atoms with Crippen molar-refractivity contribution in [2.24, 2.45) is 0 Å². The lowest BCUT2D eigenvalue weighted by Gasteiger charge is -2.31. The van der Waals surface area contributed by atoms with Crippen LogP contribution in [0.3, 0.4) is 0 Å². The molecule has 0 aliphatic carbocycles. The van der Waals surface area contributed by atoms with Gasteiger partial charge in [-0.05, 0) is 13.0 Å². The molecule has 0 rings (SSSR count). The van der Waals surface area contributed by atoms with Crippen LogP contribution >= 0.6 is 0 Å². The van der Waals surface area contributed by atoms with Crippen LogP contribution in [0.2, 0.25) is 0 Å². The minimum Gasteiger partial charge on any atom is -0.337 e. The van der Waals surface area contributed by atoms with Gasteiger partial charge < -0.3 is 14.2 Å². The van der Waals surface area contributed by atoms with Crippen molar-refractivity contribution < 1.29 is 18.9 Å². The van der Waals surface area contributed by atoms with E-state index in [-0.39, 0.29) is 11.7 Å². The van der Waals surface area contributed by atoms with Crippen molar-refractivity contribution in [3.05, 3.63) is 12.2 Å². The predicted molar refractivity (Wildman–Crippen MR) is 74.6 cm³/mol. The molecule has 0 aromatic rings. The molecule has 0 aliphatic heterocycles. The molecule has 0 aliphatic rings. The third kappa shape index (κ3) is 9.13. The third-order valence-corrected chi connectivity index (χ3v) is 3.03. The van der Waals surface area contributed by atoms with E-state index in [9.17, 15) is 14.4 Å². The van der Waals surface area contributed by atoms with E-state index >= 15 is 0 Å². The lowest BCUT2D eigenvalue weighted by Crippen LogP contribution is -2.46. The van der Waals surface area contributed by atoms with Gasteiger partial charge in [0.2, 0.25) is 5.91 Å². The summed E-state index contributed by atoms with van der Waals surface area (Å²) in [6.07, 6.45) is 4.53. The van der Waals surface area contributed by atoms with Crippen molar-refractivity contribution in [2.45, 2.75) is 19.8 Å². The number of hydrogen-bond acceptors (Lipinski definition) is 3. The van der Waals surface area contributed by atoms with Gasteiger partial charge in [0.05, 0.1) is 33.7 Å². The zero-order valence-electron chi connectivity index (χ0n) is 12.4. The molecule has 19 heavy (non-hydrogen) atoms. The molecule has 0 atom stereocenters. The van der Waals surface area contributed by atoms with E-state index in [1.165, 1.54) is 12.2 Å². The summed E-state index contributed by atoms with van der Waals surface area (Å²) >= 11 is 0. The van der Waals surface area contributed by atoms with Crippen LogP contribution in [0.1, 0.15) is 19.8 Å². The predicted octanol–water partition coefficient (Wildman–Crippen LogP) is 0.645. The maximum atomic E-state index is 11.6. The fourth-order valence-corrected chi connectivity index (χ4v) is 1.65. The van der Waals surface area contributed by atoms with Gasteiger partial charge in [-0.3, -0.25) is 9.59 Å². The lowest BCUT2D eigenvalue weighted by molar-refractivity contribution is -0.889. The van der Waals surface area contributed by atoms with Gasteiger partial charge in [0.15, 0.2) is 0 Å². The van der Waals surface area contributed by atoms with E-state index in [0.29, 0.717) is 19.3 Å². The molecule has 0 fully saturated rings. The number of hydrogen-bond donors (Lipinski definition) is 0. The number of carbonyl (C=O) groups is 3. The molecule has 0 radical (unpaired) electrons. The SMILES string of the molecule is CC(=O)CCC[N+](C)(C)CCN(C)C(=O)/C=C\C=O. The largest absolute Gasteiger partial charge is 0.337 e. The van der Waals surface area contributed by atoms with Crippen LogP contribution in [-0.2, 0) is 14.4 Å². The second kappa shape index (κ2) is 8.58. The summed E-state index contributed by atoms with van der Waals surface area (Å²) in [5.41, 5.74) is 0. The van der Waals surface area contributed by atoms with Gasteiger partial charge in [0.25, 0.3) is 0 Å². The van der Waals surface area contributed by atoms with Crippen molar-refractivity contribution in [2.75, 3.05) is 40.8 Å². The monoisotopic (exact) mass is 269 g/mol. The molecule has 0 aromatic heterocycles. The van der Waals surface area contributed by atoms with Crippen molar-refractivity contribution in [3.63, 3.8) is 0 Å². The maximum absolute atomic E-state index is 11.6. The number of carbonyl (C=O) groups excluding carboxylic acids is 3. The van der Waals surface area contributed by atoms with E-state index < -0.39 is 0 Å². The molecule has 0 bridgehead atoms. The molecule has 5 heteroatoms. The van der Waals surface area contributed by atoms with Gasteiger partial charge in [-0.15, -0.1) is 0 Å². The van der Waals surface area contributed by atoms with Gasteiger partial charge in [0, 0.05) is 26.0 Å². The van der Waals surface area contributed by atoms with E-state index in [4.69, 9.17) is 0 Å². The van der Waals surface area contributed by atoms with Crippen LogP contribution in [0.15, 0.2) is 12.2 Å². The summed E-state index contributed by atoms with van der Waals surface area (Å²) in [5.74, 6) is 0.0436. The Labute approximate surface area is 115 Å². The number of ketones is 1. The molecular formula is C14H25N2O3+. The molecule has 0 saturated carbocycles. The maximum Gasteiger partial charge on any atom is 0.246 e. The van der Waals surface area contributed by atoms with Crippen LogP contribution in [0.5, 0.6) is 0 Å². The zero-order valence-corrected chi connectivity index (χ0v) is 12.4. The van der Waals surface area contributed by atoms with E-state index in [2.05, 4.69) is 14.1 Å². The molecule has 0 unspecified atom stereocenters. The van der Waals surface area contributed by atoms with Crippen molar-refractivity contribution >= 4 is 18.0 Å². The van der Waals surface area contributed by atoms with Crippen LogP contribution in [-0.4, -0.2) is 68.1 Å². The number of aldehydes is 1. The average molecular weight is 269 g/mol. The first-order chi connectivity index (χ1) is 8.78. The minimum absolute atomic E-state index is 0.171. The van der Waals surface area contributed by atoms with Crippen LogP contribution in [0.4, 0.5) is 0 Å². The van der Waals surface area contributed by atoms with Crippen LogP contribution in [0.25, 0.3) is 0 Å². The second-order valence-electron chi connectivity index (χ2n) is 5.44. The summed E-state index contributed by atoms with van der Waals surface area (Å²) in [4.78, 5) is 34.2. The number of allylic oxidation sites excluding steroid dienone is 1. The molecule has 0 N–H and O–H groups in total. The number of Topliss-reactive ketones (excluding diaryl/α,β-unsaturated/α-hetero) is 1. The summed E-state index contributed by atoms with van der Waals surface area (Å²) in [7, 11) is 5.88. The second-order valence-corrected chi connectivity index (χ2v) is 5.44. The van der Waals surface area contributed by atoms with Gasteiger partial charge >= 0.3 is 0 Å². The lowest BCUT2D eigenvalue weighted by atomic mass is 10.2. The molecule has 0 aromatic carbocycles. The van der Waals surface area contributed by atoms with Gasteiger partial charge in [-0.1, -0.05) is 0 Å². The standard InChI is InChI=1S/C14H25N2O3/c1-13(18)7-5-10-16(3,4)11-9-15(2)14(19)8-6-12-17/h6,8,12H,5,7,9-11H2,1-4H3/q+1/b8-6-. The summed E-state index contributed by atoms with van der Waals surface area (Å²) in [6.45, 7) is 3.95. The van der Waals surface area contributed by atoms with Crippen molar-refractivity contribution in [1.29, 1.82) is 0 Å². The average Bonchev–Trinajstić information content (AvgIpc) is 2.32. The Morgan fingerprint density at radius 2 is 1.84 bits per heavy atom. The van der Waals surface area contributed by atoms with Gasteiger partial charge in [-0.25, -0.2) is 0 Å². The molecule has 0 saturated heterocycles. The topological polar surface area (TPSA) is 54.5 Å². The Morgan fingerprint density at radius 1 is 1.21 bits per heavy atom. The molecule has 5 nitrogen and oxygen atoms in total. The summed E-state index contributed by atoms with van der Waals surface area (Å²) in [6, 6.07) is 0. The molecule has 0 heterocycles. The first-order valence-corrected chi connectivity index (χ1v) is 6.47. The number of rotatable bonds is 9. The number of quaternary nitrogens is 1. The van der Waals surface area contributed by atoms with Crippen LogP contribution in [0, 0.1) is 0 Å². The van der Waals surface area contributed by atoms with E-state index in [0.717, 1.165) is 24.0 Å². The smallest absolute Gasteiger partial charge is 0.246 e. The number of likely N-dealkylation sites (N-methyl/N-ethyl adjacent to an activating group) is 2. The summed E-state index contributed by atoms with van der Waals surface area (Å²) < 4.78 is 0.766. The highest BCUT2D eigenvalue weighted by Crippen LogP contribution is 2.03. The highest BCUT2D eigenvalue weighted by atomic mass is 16.2. The van der Waals surface area contributed by atoms with Crippen molar-refractivity contribution in [3.8, 4) is 0 Å². The Bertz CT molecular complexity index is 349. The fourth-order valence-electron chi connectivity index (χ4n) is 1.65. The van der Waals surface area contributed by atoms with Crippen molar-refractivity contribution in [1.82, 2.24) is 4.90 Å². The number of amides is 1. The first kappa shape index (κ1) is 17.5. The Hall–Kier alpha value is -1.49. The molecular weight excluding hydrogens is 244 g/mol. The quantitative estimate of drug-likeness (QED) is 0.351. The highest BCUT2D eigenvalue weighted by molar-refractivity contribution is 5.90. The zero-order chi connectivity index (χ0) is 14.9. The molecule has 1 amide bonds. The fraction of sp³-hybridized carbons (Fsp3) is 0.643. The Balaban J connectivity index is 4.07. The Morgan fingerprint density at radius 3 is 2.37 bits per heavy atom. The summed E-state index contributed by atoms with van der Waals surface area (Å²) in [5, 5.41) is 0. The van der Waals surface area contributed by atoms with E-state index in [1.54, 1.807) is 18.9 Å². The van der Waals surface area contributed by atoms with Gasteiger partial charge in [0.1, 0.15) is 12.1 Å². The highest BCUT2D eigenvalue weighted by Gasteiger charge is 2.17. The molecule has 0 spiro atoms. The normalized spacial score (nSPS) is 11.6. The Kier molecular flexibility index (Phi) is 7.91. The molecule has 108 valence electrons. The number of nitrogens with zero attached hydrogens (tertiary/aromatic N) is 2. The van der Waals surface area contributed by atoms with Crippen LogP contribution < -0.4 is 0 Å².